The first-order valence-electron chi connectivity index (χ1n) is 10.1. The number of benzene rings is 2. The van der Waals surface area contributed by atoms with Crippen LogP contribution < -0.4 is 28.4 Å². The van der Waals surface area contributed by atoms with Gasteiger partial charge >= 0.3 is 147 Å². The predicted molar refractivity (Wildman–Crippen MR) is 120 cm³/mol. The Morgan fingerprint density at radius 3 is 2.55 bits per heavy atom. The van der Waals surface area contributed by atoms with E-state index < -0.39 is 27.3 Å². The third-order valence-corrected chi connectivity index (χ3v) is 12.9. The summed E-state index contributed by atoms with van der Waals surface area (Å²) in [6, 6.07) is 16.5. The van der Waals surface area contributed by atoms with Gasteiger partial charge in [0.05, 0.1) is 10.2 Å². The molecule has 0 radical (unpaired) electrons. The summed E-state index contributed by atoms with van der Waals surface area (Å²) in [6.45, 7) is 2.82. The summed E-state index contributed by atoms with van der Waals surface area (Å²) in [5.74, 6) is 0.789. The van der Waals surface area contributed by atoms with E-state index in [2.05, 4.69) is 25.5 Å². The standard InChI is InChI=1S/C21H26IN4O3S2/c1-25(2)31(27,28)22-24-17-11-13-26(14-12-17)15-16-7-9-18(10-8-16)29-21-23-19-5-3-4-6-20(19)30-21/h3-10,17,24H,11-15H2,1-2H3/q-1. The fourth-order valence-electron chi connectivity index (χ4n) is 3.31. The van der Waals surface area contributed by atoms with Crippen LogP contribution in [0.4, 0.5) is 0 Å². The molecule has 1 aliphatic heterocycles. The first-order valence-corrected chi connectivity index (χ1v) is 16.0. The molecule has 4 rings (SSSR count). The number of aromatic nitrogens is 1. The quantitative estimate of drug-likeness (QED) is 0.240. The van der Waals surface area contributed by atoms with Gasteiger partial charge in [-0.15, -0.1) is 0 Å². The van der Waals surface area contributed by atoms with Gasteiger partial charge in [0.2, 0.25) is 0 Å². The van der Waals surface area contributed by atoms with Gasteiger partial charge < -0.3 is 0 Å². The van der Waals surface area contributed by atoms with Crippen molar-refractivity contribution < 1.29 is 33.2 Å². The Balaban J connectivity index is 1.25. The molecule has 0 atom stereocenters. The van der Waals surface area contributed by atoms with Gasteiger partial charge in [-0.05, 0) is 12.1 Å². The molecule has 10 heteroatoms. The van der Waals surface area contributed by atoms with Crippen LogP contribution in [0, 0.1) is 0 Å². The van der Waals surface area contributed by atoms with Crippen LogP contribution in [0.3, 0.4) is 0 Å². The van der Waals surface area contributed by atoms with E-state index in [9.17, 15) is 8.42 Å². The summed E-state index contributed by atoms with van der Waals surface area (Å²) in [6.07, 6.45) is 1.95. The van der Waals surface area contributed by atoms with Crippen molar-refractivity contribution >= 4 is 28.7 Å². The molecule has 1 aromatic heterocycles. The van der Waals surface area contributed by atoms with Crippen molar-refractivity contribution in [3.63, 3.8) is 0 Å². The molecule has 2 heterocycles. The molecule has 2 aromatic carbocycles. The second-order valence-electron chi connectivity index (χ2n) is 7.65. The molecule has 168 valence electrons. The van der Waals surface area contributed by atoms with Crippen molar-refractivity contribution in [1.82, 2.24) is 17.7 Å². The van der Waals surface area contributed by atoms with Crippen molar-refractivity contribution in [3.8, 4) is 10.9 Å². The van der Waals surface area contributed by atoms with Gasteiger partial charge in [0.15, 0.2) is 0 Å². The molecule has 1 N–H and O–H groups in total. The number of nitrogens with one attached hydrogen (secondary N) is 1. The molecule has 0 spiro atoms. The van der Waals surface area contributed by atoms with Crippen LogP contribution in [0.1, 0.15) is 18.4 Å². The Morgan fingerprint density at radius 1 is 1.16 bits per heavy atom. The van der Waals surface area contributed by atoms with Gasteiger partial charge in [0.25, 0.3) is 0 Å². The molecule has 3 aromatic rings. The fourth-order valence-corrected chi connectivity index (χ4v) is 8.36. The molecule has 1 fully saturated rings. The topological polar surface area (TPSA) is 74.8 Å². The van der Waals surface area contributed by atoms with E-state index in [1.807, 2.05) is 36.4 Å². The summed E-state index contributed by atoms with van der Waals surface area (Å²) in [4.78, 5) is 6.93. The van der Waals surface area contributed by atoms with Crippen LogP contribution in [0.2, 0.25) is 0 Å². The summed E-state index contributed by atoms with van der Waals surface area (Å²) in [5.41, 5.74) is 2.20. The van der Waals surface area contributed by atoms with Gasteiger partial charge in [-0.3, -0.25) is 0 Å². The number of thiazole rings is 1. The zero-order valence-corrected chi connectivity index (χ0v) is 21.3. The van der Waals surface area contributed by atoms with E-state index in [-0.39, 0.29) is 0 Å². The average Bonchev–Trinajstić information content (AvgIpc) is 3.17. The summed E-state index contributed by atoms with van der Waals surface area (Å²) in [5, 5.41) is 0.655. The molecule has 1 aliphatic rings. The number of fused-ring (bicyclic) bond motifs is 1. The van der Waals surface area contributed by atoms with E-state index in [1.165, 1.54) is 9.87 Å². The van der Waals surface area contributed by atoms with Gasteiger partial charge in [0, 0.05) is 0 Å². The number of ether oxygens (including phenoxy) is 1. The summed E-state index contributed by atoms with van der Waals surface area (Å²) < 4.78 is 35.6. The van der Waals surface area contributed by atoms with Gasteiger partial charge in [-0.25, -0.2) is 4.98 Å². The van der Waals surface area contributed by atoms with Crippen LogP contribution in [0.25, 0.3) is 10.2 Å². The number of hydrogen-bond acceptors (Lipinski definition) is 7. The molecule has 0 bridgehead atoms. The number of likely N-dealkylation sites (tertiary alicyclic amines) is 1. The van der Waals surface area contributed by atoms with Crippen molar-refractivity contribution in [1.29, 1.82) is 0 Å². The van der Waals surface area contributed by atoms with E-state index in [4.69, 9.17) is 4.74 Å². The second-order valence-corrected chi connectivity index (χ2v) is 15.6. The molecular formula is C21H26IN4O3S2-. The minimum atomic E-state index is -3.09. The third-order valence-electron chi connectivity index (χ3n) is 5.13. The number of halogens is 1. The van der Waals surface area contributed by atoms with Gasteiger partial charge in [0.1, 0.15) is 0 Å². The number of nitrogens with zero attached hydrogens (tertiary/aromatic N) is 3. The van der Waals surface area contributed by atoms with E-state index in [1.54, 1.807) is 25.4 Å². The molecule has 7 nitrogen and oxygen atoms in total. The van der Waals surface area contributed by atoms with Gasteiger partial charge in [-0.1, -0.05) is 23.5 Å². The van der Waals surface area contributed by atoms with Crippen LogP contribution in [-0.2, 0) is 13.7 Å². The predicted octanol–water partition coefficient (Wildman–Crippen LogP) is 0.453. The Morgan fingerprint density at radius 2 is 1.87 bits per heavy atom. The number of para-hydroxylation sites is 1. The van der Waals surface area contributed by atoms with Crippen LogP contribution in [0.15, 0.2) is 48.5 Å². The third kappa shape index (κ3) is 6.14. The zero-order valence-electron chi connectivity index (χ0n) is 17.5. The zero-order chi connectivity index (χ0) is 21.8. The molecule has 0 aliphatic carbocycles. The summed E-state index contributed by atoms with van der Waals surface area (Å²) in [7, 11) is 0.0927. The Hall–Kier alpha value is -1.31. The molecule has 0 unspecified atom stereocenters. The number of piperidine rings is 1. The Kier molecular flexibility index (Phi) is 7.44. The van der Waals surface area contributed by atoms with Crippen molar-refractivity contribution in [2.24, 2.45) is 0 Å². The Bertz CT molecular complexity index is 1080. The summed E-state index contributed by atoms with van der Waals surface area (Å²) >= 11 is 0.474. The normalized spacial score (nSPS) is 16.4. The van der Waals surface area contributed by atoms with Crippen molar-refractivity contribution in [2.45, 2.75) is 25.4 Å². The molecule has 0 amide bonds. The number of hydrogen-bond donors (Lipinski definition) is 1. The monoisotopic (exact) mass is 573 g/mol. The average molecular weight is 574 g/mol. The second kappa shape index (κ2) is 10.1. The van der Waals surface area contributed by atoms with Crippen LogP contribution >= 0.6 is 11.3 Å². The molecule has 1 saturated heterocycles. The first-order chi connectivity index (χ1) is 14.9. The van der Waals surface area contributed by atoms with E-state index >= 15 is 0 Å². The van der Waals surface area contributed by atoms with Crippen molar-refractivity contribution in [3.05, 3.63) is 54.1 Å². The minimum absolute atomic E-state index is 0.295. The molecule has 0 saturated carbocycles. The molecular weight excluding hydrogens is 547 g/mol. The Labute approximate surface area is 196 Å². The van der Waals surface area contributed by atoms with E-state index in [0.29, 0.717) is 11.2 Å². The van der Waals surface area contributed by atoms with Crippen LogP contribution in [0.5, 0.6) is 10.9 Å². The number of rotatable bonds is 8. The fraction of sp³-hybridized carbons (Fsp3) is 0.381. The first kappa shape index (κ1) is 22.9. The van der Waals surface area contributed by atoms with E-state index in [0.717, 1.165) is 48.4 Å². The maximum absolute atomic E-state index is 12.0. The maximum atomic E-state index is 12.0. The van der Waals surface area contributed by atoms with Crippen molar-refractivity contribution in [2.75, 3.05) is 27.2 Å². The molecule has 31 heavy (non-hydrogen) atoms. The SMILES string of the molecule is CN(C)S(=O)(=O)[I-]NC1CCN(Cc2ccc(Oc3nc4ccccc4s3)cc2)CC1. The van der Waals surface area contributed by atoms with Gasteiger partial charge in [-0.2, -0.15) is 0 Å². The van der Waals surface area contributed by atoms with Crippen LogP contribution in [-0.4, -0.2) is 55.8 Å².